The molecule has 1 N–H and O–H groups in total. The van der Waals surface area contributed by atoms with Gasteiger partial charge in [-0.2, -0.15) is 0 Å². The number of methoxy groups -OCH3 is 2. The van der Waals surface area contributed by atoms with Gasteiger partial charge in [-0.25, -0.2) is 8.42 Å². The summed E-state index contributed by atoms with van der Waals surface area (Å²) in [5.41, 5.74) is 1.29. The molecule has 0 bridgehead atoms. The lowest BCUT2D eigenvalue weighted by Crippen LogP contribution is -2.47. The molecule has 9 nitrogen and oxygen atoms in total. The third-order valence-corrected chi connectivity index (χ3v) is 6.89. The van der Waals surface area contributed by atoms with Gasteiger partial charge in [0.15, 0.2) is 0 Å². The Morgan fingerprint density at radius 1 is 1.03 bits per heavy atom. The molecule has 2 aromatic carbocycles. The molecule has 2 amide bonds. The highest BCUT2D eigenvalue weighted by molar-refractivity contribution is 7.92. The van der Waals surface area contributed by atoms with E-state index in [1.807, 2.05) is 31.2 Å². The van der Waals surface area contributed by atoms with Gasteiger partial charge in [-0.1, -0.05) is 25.1 Å². The van der Waals surface area contributed by atoms with Gasteiger partial charge >= 0.3 is 0 Å². The van der Waals surface area contributed by atoms with Gasteiger partial charge < -0.3 is 19.7 Å². The van der Waals surface area contributed by atoms with Gasteiger partial charge in [0.2, 0.25) is 21.8 Å². The quantitative estimate of drug-likeness (QED) is 0.411. The van der Waals surface area contributed by atoms with Gasteiger partial charge in [-0.15, -0.1) is 0 Å². The number of carbonyl (C=O) groups is 2. The lowest BCUT2D eigenvalue weighted by Gasteiger charge is -2.29. The van der Waals surface area contributed by atoms with Gasteiger partial charge in [0.1, 0.15) is 17.5 Å². The van der Waals surface area contributed by atoms with Crippen LogP contribution in [-0.2, 0) is 26.2 Å². The van der Waals surface area contributed by atoms with E-state index in [4.69, 9.17) is 9.47 Å². The van der Waals surface area contributed by atoms with Crippen molar-refractivity contribution >= 4 is 27.5 Å². The van der Waals surface area contributed by atoms with Crippen molar-refractivity contribution < 1.29 is 27.5 Å². The lowest BCUT2D eigenvalue weighted by atomic mass is 10.1. The summed E-state index contributed by atoms with van der Waals surface area (Å²) in [7, 11) is -0.503. The Balaban J connectivity index is 2.18. The molecule has 0 aliphatic heterocycles. The Morgan fingerprint density at radius 3 is 2.28 bits per heavy atom. The van der Waals surface area contributed by atoms with Gasteiger partial charge in [0.25, 0.3) is 0 Å². The van der Waals surface area contributed by atoms with Gasteiger partial charge in [0.05, 0.1) is 26.2 Å². The van der Waals surface area contributed by atoms with Crippen molar-refractivity contribution in [3.63, 3.8) is 0 Å². The second-order valence-electron chi connectivity index (χ2n) is 8.48. The van der Waals surface area contributed by atoms with Crippen LogP contribution in [0.15, 0.2) is 48.5 Å². The van der Waals surface area contributed by atoms with E-state index in [0.29, 0.717) is 23.7 Å². The van der Waals surface area contributed by atoms with Crippen LogP contribution in [0.3, 0.4) is 0 Å². The van der Waals surface area contributed by atoms with E-state index in [0.717, 1.165) is 18.2 Å². The maximum Gasteiger partial charge on any atom is 0.242 e. The first-order valence-corrected chi connectivity index (χ1v) is 13.8. The van der Waals surface area contributed by atoms with Crippen molar-refractivity contribution in [2.75, 3.05) is 37.9 Å². The molecule has 0 unspecified atom stereocenters. The number of rotatable bonds is 14. The monoisotopic (exact) mass is 519 g/mol. The Morgan fingerprint density at radius 2 is 1.67 bits per heavy atom. The molecule has 10 heteroatoms. The fourth-order valence-electron chi connectivity index (χ4n) is 3.72. The van der Waals surface area contributed by atoms with Crippen molar-refractivity contribution in [1.82, 2.24) is 10.2 Å². The lowest BCUT2D eigenvalue weighted by molar-refractivity contribution is -0.140. The molecule has 0 aliphatic rings. The standard InChI is InChI=1S/C26H37N3O6S/c1-6-15-27-26(31)20(2)28(19-21-10-7-12-23(17-21)34-3)25(30)14-9-16-29(36(5,32)33)22-11-8-13-24(18-22)35-4/h7-8,10-13,17-18,20H,6,9,14-16,19H2,1-5H3,(H,27,31)/t20-/m1/s1. The summed E-state index contributed by atoms with van der Waals surface area (Å²) in [5.74, 6) is 0.719. The second kappa shape index (κ2) is 13.7. The van der Waals surface area contributed by atoms with Crippen LogP contribution in [0.2, 0.25) is 0 Å². The Labute approximate surface area is 214 Å². The predicted molar refractivity (Wildman–Crippen MR) is 141 cm³/mol. The van der Waals surface area contributed by atoms with Crippen LogP contribution in [-0.4, -0.2) is 64.7 Å². The number of anilines is 1. The zero-order valence-electron chi connectivity index (χ0n) is 21.7. The number of carbonyl (C=O) groups excluding carboxylic acids is 2. The highest BCUT2D eigenvalue weighted by Crippen LogP contribution is 2.24. The summed E-state index contributed by atoms with van der Waals surface area (Å²) in [6, 6.07) is 13.4. The molecule has 0 saturated heterocycles. The second-order valence-corrected chi connectivity index (χ2v) is 10.4. The summed E-state index contributed by atoms with van der Waals surface area (Å²) in [6.45, 7) is 4.51. The molecular formula is C26H37N3O6S. The average Bonchev–Trinajstić information content (AvgIpc) is 2.87. The molecule has 0 radical (unpaired) electrons. The van der Waals surface area contributed by atoms with E-state index in [1.165, 1.54) is 16.3 Å². The molecule has 0 heterocycles. The summed E-state index contributed by atoms with van der Waals surface area (Å²) < 4.78 is 36.7. The number of nitrogens with zero attached hydrogens (tertiary/aromatic N) is 2. The van der Waals surface area contributed by atoms with E-state index in [1.54, 1.807) is 38.3 Å². The number of benzene rings is 2. The number of sulfonamides is 1. The van der Waals surface area contributed by atoms with Crippen LogP contribution in [0.4, 0.5) is 5.69 Å². The van der Waals surface area contributed by atoms with Crippen molar-refractivity contribution in [2.24, 2.45) is 0 Å². The molecule has 0 fully saturated rings. The number of nitrogens with one attached hydrogen (secondary N) is 1. The zero-order chi connectivity index (χ0) is 26.7. The molecular weight excluding hydrogens is 482 g/mol. The number of hydrogen-bond acceptors (Lipinski definition) is 6. The van der Waals surface area contributed by atoms with E-state index < -0.39 is 16.1 Å². The number of hydrogen-bond donors (Lipinski definition) is 1. The number of amides is 2. The van der Waals surface area contributed by atoms with Crippen LogP contribution < -0.4 is 19.1 Å². The smallest absolute Gasteiger partial charge is 0.242 e. The normalized spacial score (nSPS) is 11.9. The van der Waals surface area contributed by atoms with Gasteiger partial charge in [-0.3, -0.25) is 13.9 Å². The maximum absolute atomic E-state index is 13.3. The molecule has 0 spiro atoms. The minimum Gasteiger partial charge on any atom is -0.497 e. The molecule has 1 atom stereocenters. The first-order chi connectivity index (χ1) is 17.1. The van der Waals surface area contributed by atoms with Crippen molar-refractivity contribution in [3.05, 3.63) is 54.1 Å². The molecule has 198 valence electrons. The van der Waals surface area contributed by atoms with Crippen molar-refractivity contribution in [2.45, 2.75) is 45.7 Å². The Hall–Kier alpha value is -3.27. The van der Waals surface area contributed by atoms with E-state index in [-0.39, 0.29) is 37.7 Å². The molecule has 0 aliphatic carbocycles. The van der Waals surface area contributed by atoms with Crippen molar-refractivity contribution in [1.29, 1.82) is 0 Å². The largest absolute Gasteiger partial charge is 0.497 e. The highest BCUT2D eigenvalue weighted by Gasteiger charge is 2.26. The third-order valence-electron chi connectivity index (χ3n) is 5.70. The fourth-order valence-corrected chi connectivity index (χ4v) is 4.67. The maximum atomic E-state index is 13.3. The average molecular weight is 520 g/mol. The first kappa shape index (κ1) is 29.0. The summed E-state index contributed by atoms with van der Waals surface area (Å²) in [6.07, 6.45) is 2.27. The fraction of sp³-hybridized carbons (Fsp3) is 0.462. The Bertz CT molecular complexity index is 1120. The zero-order valence-corrected chi connectivity index (χ0v) is 22.5. The molecule has 2 rings (SSSR count). The predicted octanol–water partition coefficient (Wildman–Crippen LogP) is 3.19. The van der Waals surface area contributed by atoms with Crippen LogP contribution in [0.1, 0.15) is 38.7 Å². The minimum absolute atomic E-state index is 0.0748. The first-order valence-electron chi connectivity index (χ1n) is 11.9. The summed E-state index contributed by atoms with van der Waals surface area (Å²) >= 11 is 0. The molecule has 2 aromatic rings. The molecule has 36 heavy (non-hydrogen) atoms. The highest BCUT2D eigenvalue weighted by atomic mass is 32.2. The van der Waals surface area contributed by atoms with E-state index in [9.17, 15) is 18.0 Å². The van der Waals surface area contributed by atoms with Crippen molar-refractivity contribution in [3.8, 4) is 11.5 Å². The minimum atomic E-state index is -3.58. The topological polar surface area (TPSA) is 105 Å². The SMILES string of the molecule is CCCNC(=O)[C@@H](C)N(Cc1cccc(OC)c1)C(=O)CCCN(c1cccc(OC)c1)S(C)(=O)=O. The van der Waals surface area contributed by atoms with Crippen LogP contribution >= 0.6 is 0 Å². The van der Waals surface area contributed by atoms with E-state index in [2.05, 4.69) is 5.32 Å². The van der Waals surface area contributed by atoms with E-state index >= 15 is 0 Å². The van der Waals surface area contributed by atoms with Gasteiger partial charge in [0, 0.05) is 32.1 Å². The molecule has 0 aromatic heterocycles. The Kier molecular flexibility index (Phi) is 11.0. The van der Waals surface area contributed by atoms with Crippen LogP contribution in [0.25, 0.3) is 0 Å². The molecule has 0 saturated carbocycles. The van der Waals surface area contributed by atoms with Gasteiger partial charge in [-0.05, 0) is 49.6 Å². The van der Waals surface area contributed by atoms with Crippen LogP contribution in [0.5, 0.6) is 11.5 Å². The van der Waals surface area contributed by atoms with Crippen LogP contribution in [0, 0.1) is 0 Å². The number of ether oxygens (including phenoxy) is 2. The summed E-state index contributed by atoms with van der Waals surface area (Å²) in [4.78, 5) is 27.5. The summed E-state index contributed by atoms with van der Waals surface area (Å²) in [5, 5.41) is 2.85. The third kappa shape index (κ3) is 8.44.